The molecule has 0 atom stereocenters. The Kier molecular flexibility index (Phi) is 8.89. The van der Waals surface area contributed by atoms with Crippen LogP contribution in [0.25, 0.3) is 0 Å². The molecule has 2 N–H and O–H groups in total. The van der Waals surface area contributed by atoms with Gasteiger partial charge in [0.1, 0.15) is 5.82 Å². The second kappa shape index (κ2) is 11.1. The summed E-state index contributed by atoms with van der Waals surface area (Å²) in [6, 6.07) is 5.48. The van der Waals surface area contributed by atoms with E-state index in [0.717, 1.165) is 31.5 Å². The molecule has 0 aromatic heterocycles. The van der Waals surface area contributed by atoms with Crippen LogP contribution in [0, 0.1) is 5.82 Å². The number of likely N-dealkylation sites (tertiary alicyclic amines) is 1. The molecule has 5 nitrogen and oxygen atoms in total. The normalized spacial score (nSPS) is 16.5. The molecular weight excluding hydrogens is 367 g/mol. The van der Waals surface area contributed by atoms with Gasteiger partial charge in [0, 0.05) is 45.8 Å². The zero-order chi connectivity index (χ0) is 20.5. The van der Waals surface area contributed by atoms with E-state index in [1.165, 1.54) is 0 Å². The molecular formula is C20H32F3N5. The number of guanidine groups is 1. The zero-order valence-corrected chi connectivity index (χ0v) is 17.0. The Labute approximate surface area is 166 Å². The lowest BCUT2D eigenvalue weighted by atomic mass is 10.1. The van der Waals surface area contributed by atoms with Gasteiger partial charge >= 0.3 is 0 Å². The van der Waals surface area contributed by atoms with Crippen LogP contribution in [0.4, 0.5) is 18.9 Å². The summed E-state index contributed by atoms with van der Waals surface area (Å²) in [6.07, 6.45) is -0.700. The fourth-order valence-corrected chi connectivity index (χ4v) is 3.51. The second-order valence-corrected chi connectivity index (χ2v) is 6.99. The van der Waals surface area contributed by atoms with Crippen molar-refractivity contribution in [1.82, 2.24) is 15.5 Å². The highest BCUT2D eigenvalue weighted by molar-refractivity contribution is 5.80. The van der Waals surface area contributed by atoms with Gasteiger partial charge in [-0.25, -0.2) is 13.2 Å². The predicted octanol–water partition coefficient (Wildman–Crippen LogP) is 3.07. The Hall–Kier alpha value is -1.96. The van der Waals surface area contributed by atoms with Gasteiger partial charge in [0.15, 0.2) is 5.96 Å². The van der Waals surface area contributed by atoms with Gasteiger partial charge in [-0.15, -0.1) is 0 Å². The quantitative estimate of drug-likeness (QED) is 0.521. The molecule has 2 rings (SSSR count). The maximum Gasteiger partial charge on any atom is 0.251 e. The summed E-state index contributed by atoms with van der Waals surface area (Å²) in [5.41, 5.74) is 1.45. The Morgan fingerprint density at radius 2 is 1.93 bits per heavy atom. The highest BCUT2D eigenvalue weighted by atomic mass is 19.3. The van der Waals surface area contributed by atoms with E-state index in [-0.39, 0.29) is 18.4 Å². The summed E-state index contributed by atoms with van der Waals surface area (Å²) in [4.78, 5) is 7.99. The van der Waals surface area contributed by atoms with Gasteiger partial charge < -0.3 is 15.5 Å². The van der Waals surface area contributed by atoms with Crippen LogP contribution >= 0.6 is 0 Å². The average molecular weight is 400 g/mol. The van der Waals surface area contributed by atoms with Crippen LogP contribution in [-0.4, -0.2) is 63.1 Å². The number of benzene rings is 1. The van der Waals surface area contributed by atoms with Crippen LogP contribution in [0.5, 0.6) is 0 Å². The fraction of sp³-hybridized carbons (Fsp3) is 0.650. The molecule has 1 aliphatic heterocycles. The van der Waals surface area contributed by atoms with E-state index in [9.17, 15) is 13.2 Å². The molecule has 0 saturated carbocycles. The van der Waals surface area contributed by atoms with Crippen molar-refractivity contribution in [3.05, 3.63) is 29.6 Å². The maximum absolute atomic E-state index is 14.4. The fourth-order valence-electron chi connectivity index (χ4n) is 3.51. The summed E-state index contributed by atoms with van der Waals surface area (Å²) in [6.45, 7) is 7.13. The number of hydrogen-bond donors (Lipinski definition) is 2. The smallest absolute Gasteiger partial charge is 0.251 e. The third-order valence-corrected chi connectivity index (χ3v) is 5.12. The average Bonchev–Trinajstić information content (AvgIpc) is 2.68. The Morgan fingerprint density at radius 3 is 2.46 bits per heavy atom. The lowest BCUT2D eigenvalue weighted by Crippen LogP contribution is -2.49. The minimum absolute atomic E-state index is 0.158. The Balaban J connectivity index is 1.83. The predicted molar refractivity (Wildman–Crippen MR) is 109 cm³/mol. The molecule has 28 heavy (non-hydrogen) atoms. The molecule has 0 spiro atoms. The van der Waals surface area contributed by atoms with Crippen molar-refractivity contribution in [3.63, 3.8) is 0 Å². The van der Waals surface area contributed by atoms with Crippen LogP contribution in [0.1, 0.15) is 32.3 Å². The van der Waals surface area contributed by atoms with E-state index in [0.29, 0.717) is 31.3 Å². The van der Waals surface area contributed by atoms with Crippen LogP contribution in [0.2, 0.25) is 0 Å². The third-order valence-electron chi connectivity index (χ3n) is 5.12. The van der Waals surface area contributed by atoms with Crippen molar-refractivity contribution in [2.45, 2.75) is 45.7 Å². The van der Waals surface area contributed by atoms with Gasteiger partial charge in [-0.05, 0) is 44.4 Å². The Bertz CT molecular complexity index is 626. The van der Waals surface area contributed by atoms with E-state index < -0.39 is 6.43 Å². The van der Waals surface area contributed by atoms with Gasteiger partial charge in [-0.3, -0.25) is 9.89 Å². The molecule has 0 unspecified atom stereocenters. The van der Waals surface area contributed by atoms with Crippen molar-refractivity contribution in [1.29, 1.82) is 0 Å². The lowest BCUT2D eigenvalue weighted by molar-refractivity contribution is 0.0744. The number of piperidine rings is 1. The molecule has 1 aromatic carbocycles. The van der Waals surface area contributed by atoms with Crippen LogP contribution in [0.15, 0.2) is 23.2 Å². The number of nitrogens with zero attached hydrogens (tertiary/aromatic N) is 3. The van der Waals surface area contributed by atoms with E-state index in [1.807, 2.05) is 30.9 Å². The van der Waals surface area contributed by atoms with Crippen LogP contribution in [0.3, 0.4) is 0 Å². The third kappa shape index (κ3) is 6.58. The van der Waals surface area contributed by atoms with Gasteiger partial charge in [0.25, 0.3) is 6.43 Å². The highest BCUT2D eigenvalue weighted by Crippen LogP contribution is 2.20. The van der Waals surface area contributed by atoms with Gasteiger partial charge in [0.2, 0.25) is 0 Å². The minimum atomic E-state index is -2.28. The van der Waals surface area contributed by atoms with Crippen LogP contribution < -0.4 is 15.5 Å². The van der Waals surface area contributed by atoms with E-state index in [1.54, 1.807) is 18.0 Å². The number of nitrogens with one attached hydrogen (secondary N) is 2. The summed E-state index contributed by atoms with van der Waals surface area (Å²) < 4.78 is 39.3. The molecule has 1 heterocycles. The molecule has 0 bridgehead atoms. The van der Waals surface area contributed by atoms with Gasteiger partial charge in [-0.2, -0.15) is 0 Å². The van der Waals surface area contributed by atoms with Gasteiger partial charge in [-0.1, -0.05) is 6.07 Å². The van der Waals surface area contributed by atoms with Crippen molar-refractivity contribution >= 4 is 11.6 Å². The standard InChI is InChI=1S/C20H32F3N5/c1-4-28(5-2)18-7-6-15(12-17(18)21)13-25-20(24-3)26-16-8-10-27(11-9-16)14-19(22)23/h6-7,12,16,19H,4-5,8-11,13-14H2,1-3H3,(H2,24,25,26). The molecule has 0 radical (unpaired) electrons. The molecule has 0 amide bonds. The van der Waals surface area contributed by atoms with Gasteiger partial charge in [0.05, 0.1) is 12.2 Å². The topological polar surface area (TPSA) is 42.9 Å². The largest absolute Gasteiger partial charge is 0.370 e. The van der Waals surface area contributed by atoms with Crippen LogP contribution in [-0.2, 0) is 6.54 Å². The molecule has 158 valence electrons. The highest BCUT2D eigenvalue weighted by Gasteiger charge is 2.22. The SMILES string of the molecule is CCN(CC)c1ccc(CNC(=NC)NC2CCN(CC(F)F)CC2)cc1F. The summed E-state index contributed by atoms with van der Waals surface area (Å²) >= 11 is 0. The number of aliphatic imine (C=N–C) groups is 1. The second-order valence-electron chi connectivity index (χ2n) is 6.99. The van der Waals surface area contributed by atoms with E-state index >= 15 is 0 Å². The first-order valence-electron chi connectivity index (χ1n) is 9.97. The summed E-state index contributed by atoms with van der Waals surface area (Å²) in [7, 11) is 1.69. The number of hydrogen-bond acceptors (Lipinski definition) is 3. The molecule has 8 heteroatoms. The first-order valence-corrected chi connectivity index (χ1v) is 9.97. The lowest BCUT2D eigenvalue weighted by Gasteiger charge is -2.32. The molecule has 1 aromatic rings. The zero-order valence-electron chi connectivity index (χ0n) is 17.0. The summed E-state index contributed by atoms with van der Waals surface area (Å²) in [5.74, 6) is 0.415. The number of anilines is 1. The summed E-state index contributed by atoms with van der Waals surface area (Å²) in [5, 5.41) is 6.54. The number of alkyl halides is 2. The van der Waals surface area contributed by atoms with E-state index in [2.05, 4.69) is 15.6 Å². The first-order chi connectivity index (χ1) is 13.5. The van der Waals surface area contributed by atoms with Crippen molar-refractivity contribution in [2.75, 3.05) is 44.7 Å². The number of rotatable bonds is 8. The van der Waals surface area contributed by atoms with Crippen molar-refractivity contribution in [3.8, 4) is 0 Å². The first kappa shape index (κ1) is 22.3. The monoisotopic (exact) mass is 399 g/mol. The molecule has 1 fully saturated rings. The maximum atomic E-state index is 14.4. The Morgan fingerprint density at radius 1 is 1.25 bits per heavy atom. The molecule has 1 aliphatic rings. The minimum Gasteiger partial charge on any atom is -0.370 e. The molecule has 0 aliphatic carbocycles. The van der Waals surface area contributed by atoms with Crippen molar-refractivity contribution < 1.29 is 13.2 Å². The van der Waals surface area contributed by atoms with Crippen molar-refractivity contribution in [2.24, 2.45) is 4.99 Å². The number of halogens is 3. The van der Waals surface area contributed by atoms with E-state index in [4.69, 9.17) is 0 Å². The molecule has 1 saturated heterocycles.